The van der Waals surface area contributed by atoms with Gasteiger partial charge in [-0.1, -0.05) is 11.6 Å². The second-order valence-electron chi connectivity index (χ2n) is 3.85. The number of ether oxygens (including phenoxy) is 1. The zero-order chi connectivity index (χ0) is 10.2. The van der Waals surface area contributed by atoms with Crippen molar-refractivity contribution in [1.29, 1.82) is 0 Å². The van der Waals surface area contributed by atoms with E-state index in [1.54, 1.807) is 5.57 Å². The van der Waals surface area contributed by atoms with Crippen molar-refractivity contribution in [2.24, 2.45) is 0 Å². The molecule has 0 heterocycles. The SMILES string of the molecule is CCOCCC(NC)C1=CCCCC1. The third-order valence-corrected chi connectivity index (χ3v) is 2.88. The molecule has 0 saturated carbocycles. The summed E-state index contributed by atoms with van der Waals surface area (Å²) < 4.78 is 5.39. The van der Waals surface area contributed by atoms with E-state index in [2.05, 4.69) is 11.4 Å². The summed E-state index contributed by atoms with van der Waals surface area (Å²) in [6, 6.07) is 0.543. The van der Waals surface area contributed by atoms with Gasteiger partial charge >= 0.3 is 0 Å². The summed E-state index contributed by atoms with van der Waals surface area (Å²) >= 11 is 0. The third-order valence-electron chi connectivity index (χ3n) is 2.88. The Bertz CT molecular complexity index is 177. The molecule has 0 saturated heterocycles. The molecule has 0 aromatic rings. The van der Waals surface area contributed by atoms with E-state index in [0.29, 0.717) is 6.04 Å². The molecule has 2 nitrogen and oxygen atoms in total. The third kappa shape index (κ3) is 3.81. The maximum Gasteiger partial charge on any atom is 0.0483 e. The van der Waals surface area contributed by atoms with Crippen LogP contribution >= 0.6 is 0 Å². The van der Waals surface area contributed by atoms with Crippen LogP contribution < -0.4 is 5.32 Å². The average molecular weight is 197 g/mol. The van der Waals surface area contributed by atoms with E-state index in [-0.39, 0.29) is 0 Å². The smallest absolute Gasteiger partial charge is 0.0483 e. The van der Waals surface area contributed by atoms with Gasteiger partial charge in [0.1, 0.15) is 0 Å². The summed E-state index contributed by atoms with van der Waals surface area (Å²) in [6.45, 7) is 3.75. The molecule has 0 fully saturated rings. The molecular formula is C12H23NO. The fraction of sp³-hybridized carbons (Fsp3) is 0.833. The van der Waals surface area contributed by atoms with Crippen molar-refractivity contribution in [3.8, 4) is 0 Å². The topological polar surface area (TPSA) is 21.3 Å². The molecule has 0 radical (unpaired) electrons. The van der Waals surface area contributed by atoms with Gasteiger partial charge in [0, 0.05) is 19.3 Å². The first kappa shape index (κ1) is 11.7. The zero-order valence-electron chi connectivity index (χ0n) is 9.51. The van der Waals surface area contributed by atoms with Crippen LogP contribution in [0.3, 0.4) is 0 Å². The van der Waals surface area contributed by atoms with Gasteiger partial charge in [-0.2, -0.15) is 0 Å². The van der Waals surface area contributed by atoms with Crippen LogP contribution in [-0.2, 0) is 4.74 Å². The predicted octanol–water partition coefficient (Wildman–Crippen LogP) is 2.50. The Kier molecular flexibility index (Phi) is 5.88. The number of likely N-dealkylation sites (N-methyl/N-ethyl adjacent to an activating group) is 1. The number of hydrogen-bond acceptors (Lipinski definition) is 2. The molecule has 1 aliphatic rings. The molecule has 0 bridgehead atoms. The van der Waals surface area contributed by atoms with Crippen molar-refractivity contribution < 1.29 is 4.74 Å². The normalized spacial score (nSPS) is 19.1. The molecular weight excluding hydrogens is 174 g/mol. The van der Waals surface area contributed by atoms with Gasteiger partial charge in [-0.05, 0) is 46.1 Å². The second-order valence-corrected chi connectivity index (χ2v) is 3.85. The predicted molar refractivity (Wildman–Crippen MR) is 60.5 cm³/mol. The molecule has 1 atom stereocenters. The maximum absolute atomic E-state index is 5.39. The number of allylic oxidation sites excluding steroid dienone is 1. The zero-order valence-corrected chi connectivity index (χ0v) is 9.51. The molecule has 0 aliphatic heterocycles. The van der Waals surface area contributed by atoms with Gasteiger partial charge in [0.25, 0.3) is 0 Å². The van der Waals surface area contributed by atoms with Crippen LogP contribution in [0.2, 0.25) is 0 Å². The van der Waals surface area contributed by atoms with Crippen molar-refractivity contribution in [2.45, 2.75) is 45.1 Å². The molecule has 1 rings (SSSR count). The lowest BCUT2D eigenvalue weighted by Crippen LogP contribution is -2.29. The first-order valence-electron chi connectivity index (χ1n) is 5.82. The van der Waals surface area contributed by atoms with Crippen molar-refractivity contribution in [3.63, 3.8) is 0 Å². The summed E-state index contributed by atoms with van der Waals surface area (Å²) in [5.74, 6) is 0. The van der Waals surface area contributed by atoms with Crippen LogP contribution in [0.15, 0.2) is 11.6 Å². The quantitative estimate of drug-likeness (QED) is 0.522. The number of hydrogen-bond donors (Lipinski definition) is 1. The Morgan fingerprint density at radius 2 is 2.36 bits per heavy atom. The van der Waals surface area contributed by atoms with E-state index in [1.807, 2.05) is 14.0 Å². The van der Waals surface area contributed by atoms with Crippen LogP contribution in [0.5, 0.6) is 0 Å². The molecule has 0 amide bonds. The highest BCUT2D eigenvalue weighted by molar-refractivity contribution is 5.12. The maximum atomic E-state index is 5.39. The lowest BCUT2D eigenvalue weighted by molar-refractivity contribution is 0.139. The molecule has 1 aliphatic carbocycles. The standard InChI is InChI=1S/C12H23NO/c1-3-14-10-9-12(13-2)11-7-5-4-6-8-11/h7,12-13H,3-6,8-10H2,1-2H3. The van der Waals surface area contributed by atoms with E-state index >= 15 is 0 Å². The first-order valence-corrected chi connectivity index (χ1v) is 5.82. The monoisotopic (exact) mass is 197 g/mol. The molecule has 14 heavy (non-hydrogen) atoms. The molecule has 1 N–H and O–H groups in total. The van der Waals surface area contributed by atoms with E-state index < -0.39 is 0 Å². The minimum Gasteiger partial charge on any atom is -0.382 e. The lowest BCUT2D eigenvalue weighted by Gasteiger charge is -2.22. The van der Waals surface area contributed by atoms with Crippen molar-refractivity contribution >= 4 is 0 Å². The Morgan fingerprint density at radius 3 is 2.93 bits per heavy atom. The minimum absolute atomic E-state index is 0.543. The van der Waals surface area contributed by atoms with Gasteiger partial charge in [0.2, 0.25) is 0 Å². The van der Waals surface area contributed by atoms with Gasteiger partial charge in [-0.3, -0.25) is 0 Å². The Balaban J connectivity index is 2.32. The lowest BCUT2D eigenvalue weighted by atomic mass is 9.92. The van der Waals surface area contributed by atoms with Gasteiger partial charge < -0.3 is 10.1 Å². The van der Waals surface area contributed by atoms with Crippen LogP contribution in [0.4, 0.5) is 0 Å². The summed E-state index contributed by atoms with van der Waals surface area (Å²) in [5.41, 5.74) is 1.60. The highest BCUT2D eigenvalue weighted by Crippen LogP contribution is 2.21. The Hall–Kier alpha value is -0.340. The second kappa shape index (κ2) is 7.02. The number of nitrogens with one attached hydrogen (secondary N) is 1. The van der Waals surface area contributed by atoms with Crippen LogP contribution in [0, 0.1) is 0 Å². The summed E-state index contributed by atoms with van der Waals surface area (Å²) in [5, 5.41) is 3.38. The molecule has 0 spiro atoms. The Morgan fingerprint density at radius 1 is 1.50 bits per heavy atom. The summed E-state index contributed by atoms with van der Waals surface area (Å²) in [7, 11) is 2.05. The number of rotatable bonds is 6. The largest absolute Gasteiger partial charge is 0.382 e. The van der Waals surface area contributed by atoms with Crippen molar-refractivity contribution in [3.05, 3.63) is 11.6 Å². The highest BCUT2D eigenvalue weighted by atomic mass is 16.5. The molecule has 1 unspecified atom stereocenters. The van der Waals surface area contributed by atoms with Crippen molar-refractivity contribution in [2.75, 3.05) is 20.3 Å². The fourth-order valence-corrected chi connectivity index (χ4v) is 2.04. The van der Waals surface area contributed by atoms with Crippen molar-refractivity contribution in [1.82, 2.24) is 5.32 Å². The van der Waals surface area contributed by atoms with E-state index in [4.69, 9.17) is 4.74 Å². The van der Waals surface area contributed by atoms with Gasteiger partial charge in [0.15, 0.2) is 0 Å². The van der Waals surface area contributed by atoms with Crippen LogP contribution in [0.1, 0.15) is 39.0 Å². The Labute approximate surface area is 87.7 Å². The highest BCUT2D eigenvalue weighted by Gasteiger charge is 2.13. The summed E-state index contributed by atoms with van der Waals surface area (Å²) in [6.07, 6.45) is 8.79. The first-order chi connectivity index (χ1) is 6.88. The van der Waals surface area contributed by atoms with Crippen LogP contribution in [0.25, 0.3) is 0 Å². The molecule has 2 heteroatoms. The molecule has 82 valence electrons. The van der Waals surface area contributed by atoms with Gasteiger partial charge in [-0.25, -0.2) is 0 Å². The average Bonchev–Trinajstić information content (AvgIpc) is 2.26. The van der Waals surface area contributed by atoms with Crippen LogP contribution in [-0.4, -0.2) is 26.3 Å². The molecule has 0 aromatic heterocycles. The fourth-order valence-electron chi connectivity index (χ4n) is 2.04. The van der Waals surface area contributed by atoms with Gasteiger partial charge in [-0.15, -0.1) is 0 Å². The van der Waals surface area contributed by atoms with E-state index in [1.165, 1.54) is 25.7 Å². The summed E-state index contributed by atoms with van der Waals surface area (Å²) in [4.78, 5) is 0. The van der Waals surface area contributed by atoms with E-state index in [9.17, 15) is 0 Å². The van der Waals surface area contributed by atoms with Gasteiger partial charge in [0.05, 0.1) is 0 Å². The minimum atomic E-state index is 0.543. The van der Waals surface area contributed by atoms with E-state index in [0.717, 1.165) is 19.6 Å². The molecule has 0 aromatic carbocycles.